The molecule has 1 fully saturated rings. The van der Waals surface area contributed by atoms with Crippen molar-refractivity contribution in [3.05, 3.63) is 28.8 Å². The van der Waals surface area contributed by atoms with E-state index in [1.165, 1.54) is 12.1 Å². The molecular formula is C11H12ClF3N2. The van der Waals surface area contributed by atoms with Crippen LogP contribution < -0.4 is 10.2 Å². The van der Waals surface area contributed by atoms with Gasteiger partial charge in [0.05, 0.1) is 5.56 Å². The highest BCUT2D eigenvalue weighted by Crippen LogP contribution is 2.38. The molecule has 1 aromatic carbocycles. The Morgan fingerprint density at radius 2 is 1.82 bits per heavy atom. The molecule has 1 heterocycles. The lowest BCUT2D eigenvalue weighted by molar-refractivity contribution is -0.137. The van der Waals surface area contributed by atoms with Crippen molar-refractivity contribution >= 4 is 17.3 Å². The van der Waals surface area contributed by atoms with Crippen LogP contribution in [0.2, 0.25) is 5.02 Å². The summed E-state index contributed by atoms with van der Waals surface area (Å²) in [5, 5.41) is 3.21. The number of halogens is 4. The Hall–Kier alpha value is -0.940. The smallest absolute Gasteiger partial charge is 0.368 e. The Morgan fingerprint density at radius 1 is 1.18 bits per heavy atom. The number of nitrogens with one attached hydrogen (secondary N) is 1. The third-order valence-corrected chi connectivity index (χ3v) is 2.96. The molecule has 0 bridgehead atoms. The van der Waals surface area contributed by atoms with E-state index >= 15 is 0 Å². The van der Waals surface area contributed by atoms with Crippen molar-refractivity contribution in [3.63, 3.8) is 0 Å². The van der Waals surface area contributed by atoms with Crippen molar-refractivity contribution < 1.29 is 13.2 Å². The zero-order valence-corrected chi connectivity index (χ0v) is 9.78. The van der Waals surface area contributed by atoms with Crippen LogP contribution >= 0.6 is 11.6 Å². The van der Waals surface area contributed by atoms with Gasteiger partial charge in [0.2, 0.25) is 0 Å². The Balaban J connectivity index is 2.38. The maximum Gasteiger partial charge on any atom is 0.418 e. The zero-order valence-electron chi connectivity index (χ0n) is 9.02. The molecular weight excluding hydrogens is 253 g/mol. The summed E-state index contributed by atoms with van der Waals surface area (Å²) in [7, 11) is 0. The van der Waals surface area contributed by atoms with E-state index in [-0.39, 0.29) is 10.7 Å². The van der Waals surface area contributed by atoms with E-state index in [1.807, 2.05) is 0 Å². The second kappa shape index (κ2) is 4.74. The van der Waals surface area contributed by atoms with E-state index < -0.39 is 11.7 Å². The lowest BCUT2D eigenvalue weighted by Crippen LogP contribution is -2.44. The van der Waals surface area contributed by atoms with Crippen molar-refractivity contribution in [1.82, 2.24) is 5.32 Å². The Labute approximate surface area is 102 Å². The summed E-state index contributed by atoms with van der Waals surface area (Å²) in [4.78, 5) is 1.73. The molecule has 1 aromatic rings. The number of benzene rings is 1. The molecule has 1 N–H and O–H groups in total. The molecule has 0 aromatic heterocycles. The van der Waals surface area contributed by atoms with E-state index in [1.54, 1.807) is 4.90 Å². The lowest BCUT2D eigenvalue weighted by atomic mass is 10.1. The number of hydrogen-bond acceptors (Lipinski definition) is 2. The number of rotatable bonds is 1. The molecule has 0 aliphatic carbocycles. The molecule has 1 saturated heterocycles. The fourth-order valence-corrected chi connectivity index (χ4v) is 2.09. The number of nitrogens with zero attached hydrogens (tertiary/aromatic N) is 1. The van der Waals surface area contributed by atoms with Gasteiger partial charge in [-0.15, -0.1) is 0 Å². The van der Waals surface area contributed by atoms with Crippen molar-refractivity contribution in [2.24, 2.45) is 0 Å². The van der Waals surface area contributed by atoms with Gasteiger partial charge in [0.25, 0.3) is 0 Å². The molecule has 0 unspecified atom stereocenters. The first-order valence-electron chi connectivity index (χ1n) is 5.31. The second-order valence-electron chi connectivity index (χ2n) is 3.90. The Morgan fingerprint density at radius 3 is 2.41 bits per heavy atom. The van der Waals surface area contributed by atoms with Gasteiger partial charge in [-0.05, 0) is 18.2 Å². The van der Waals surface area contributed by atoms with E-state index in [2.05, 4.69) is 5.32 Å². The van der Waals surface area contributed by atoms with Crippen LogP contribution in [0.3, 0.4) is 0 Å². The van der Waals surface area contributed by atoms with Crippen LogP contribution in [0.1, 0.15) is 5.56 Å². The molecule has 0 spiro atoms. The largest absolute Gasteiger partial charge is 0.418 e. The lowest BCUT2D eigenvalue weighted by Gasteiger charge is -2.31. The van der Waals surface area contributed by atoms with Crippen molar-refractivity contribution in [2.45, 2.75) is 6.18 Å². The van der Waals surface area contributed by atoms with E-state index in [0.29, 0.717) is 26.2 Å². The van der Waals surface area contributed by atoms with Gasteiger partial charge in [-0.2, -0.15) is 13.2 Å². The van der Waals surface area contributed by atoms with Gasteiger partial charge < -0.3 is 10.2 Å². The average molecular weight is 265 g/mol. The topological polar surface area (TPSA) is 15.3 Å². The summed E-state index contributed by atoms with van der Waals surface area (Å²) in [6.07, 6.45) is -4.37. The highest BCUT2D eigenvalue weighted by atomic mass is 35.5. The minimum absolute atomic E-state index is 0.108. The zero-order chi connectivity index (χ0) is 12.5. The summed E-state index contributed by atoms with van der Waals surface area (Å²) in [5.74, 6) is 0. The molecule has 0 amide bonds. The normalized spacial score (nSPS) is 17.3. The van der Waals surface area contributed by atoms with Gasteiger partial charge in [-0.25, -0.2) is 0 Å². The van der Waals surface area contributed by atoms with Crippen LogP contribution in [0.15, 0.2) is 18.2 Å². The van der Waals surface area contributed by atoms with E-state index in [9.17, 15) is 13.2 Å². The predicted molar refractivity (Wildman–Crippen MR) is 61.5 cm³/mol. The minimum Gasteiger partial charge on any atom is -0.368 e. The quantitative estimate of drug-likeness (QED) is 0.839. The predicted octanol–water partition coefficient (Wildman–Crippen LogP) is 2.77. The van der Waals surface area contributed by atoms with Crippen LogP contribution in [0, 0.1) is 0 Å². The summed E-state index contributed by atoms with van der Waals surface area (Å²) in [6.45, 7) is 2.54. The van der Waals surface area contributed by atoms with Crippen LogP contribution in [0.5, 0.6) is 0 Å². The van der Waals surface area contributed by atoms with Crippen molar-refractivity contribution in [1.29, 1.82) is 0 Å². The second-order valence-corrected chi connectivity index (χ2v) is 4.33. The maximum absolute atomic E-state index is 12.9. The van der Waals surface area contributed by atoms with Gasteiger partial charge >= 0.3 is 6.18 Å². The van der Waals surface area contributed by atoms with Crippen molar-refractivity contribution in [2.75, 3.05) is 31.1 Å². The van der Waals surface area contributed by atoms with Crippen LogP contribution in [0.25, 0.3) is 0 Å². The van der Waals surface area contributed by atoms with Gasteiger partial charge in [0, 0.05) is 36.9 Å². The van der Waals surface area contributed by atoms with Gasteiger partial charge in [-0.1, -0.05) is 11.6 Å². The molecule has 0 atom stereocenters. The van der Waals surface area contributed by atoms with Crippen LogP contribution in [-0.4, -0.2) is 26.2 Å². The highest BCUT2D eigenvalue weighted by Gasteiger charge is 2.35. The molecule has 94 valence electrons. The fourth-order valence-electron chi connectivity index (χ4n) is 1.92. The number of hydrogen-bond donors (Lipinski definition) is 1. The Bertz CT molecular complexity index is 400. The molecule has 0 radical (unpaired) electrons. The molecule has 0 saturated carbocycles. The maximum atomic E-state index is 12.9. The Kier molecular flexibility index (Phi) is 3.49. The average Bonchev–Trinajstić information content (AvgIpc) is 2.29. The molecule has 2 nitrogen and oxygen atoms in total. The number of alkyl halides is 3. The molecule has 6 heteroatoms. The fraction of sp³-hybridized carbons (Fsp3) is 0.455. The standard InChI is InChI=1S/C11H12ClF3N2/c12-8-1-2-10(9(7-8)11(13,14)15)17-5-3-16-4-6-17/h1-2,7,16H,3-6H2. The summed E-state index contributed by atoms with van der Waals surface area (Å²) < 4.78 is 38.6. The van der Waals surface area contributed by atoms with Gasteiger partial charge in [0.15, 0.2) is 0 Å². The minimum atomic E-state index is -4.37. The third kappa shape index (κ3) is 2.84. The first-order valence-corrected chi connectivity index (χ1v) is 5.69. The highest BCUT2D eigenvalue weighted by molar-refractivity contribution is 6.30. The summed E-state index contributed by atoms with van der Waals surface area (Å²) in [5.41, 5.74) is -0.449. The number of anilines is 1. The van der Waals surface area contributed by atoms with Gasteiger partial charge in [-0.3, -0.25) is 0 Å². The molecule has 1 aliphatic heterocycles. The van der Waals surface area contributed by atoms with Crippen LogP contribution in [-0.2, 0) is 6.18 Å². The summed E-state index contributed by atoms with van der Waals surface area (Å²) >= 11 is 5.63. The molecule has 17 heavy (non-hydrogen) atoms. The molecule has 1 aliphatic rings. The third-order valence-electron chi connectivity index (χ3n) is 2.72. The monoisotopic (exact) mass is 264 g/mol. The van der Waals surface area contributed by atoms with Crippen LogP contribution in [0.4, 0.5) is 18.9 Å². The number of piperazine rings is 1. The first-order chi connectivity index (χ1) is 7.98. The first kappa shape index (κ1) is 12.5. The SMILES string of the molecule is FC(F)(F)c1cc(Cl)ccc1N1CCNCC1. The van der Waals surface area contributed by atoms with E-state index in [4.69, 9.17) is 11.6 Å². The van der Waals surface area contributed by atoms with Gasteiger partial charge in [0.1, 0.15) is 0 Å². The summed E-state index contributed by atoms with van der Waals surface area (Å²) in [6, 6.07) is 3.92. The van der Waals surface area contributed by atoms with Crippen molar-refractivity contribution in [3.8, 4) is 0 Å². The van der Waals surface area contributed by atoms with E-state index in [0.717, 1.165) is 6.07 Å². The molecule has 2 rings (SSSR count).